The number of hydrogen-bond donors (Lipinski definition) is 2. The third kappa shape index (κ3) is 5.74. The molecule has 2 bridgehead atoms. The number of hydrogen-bond acceptors (Lipinski definition) is 12. The summed E-state index contributed by atoms with van der Waals surface area (Å²) in [5, 5.41) is 19.6. The first-order chi connectivity index (χ1) is 18.0. The quantitative estimate of drug-likeness (QED) is 0.353. The van der Waals surface area contributed by atoms with E-state index in [1.54, 1.807) is 9.80 Å². The molecule has 3 aliphatic heterocycles. The smallest absolute Gasteiger partial charge is 0.462 e. The van der Waals surface area contributed by atoms with Crippen LogP contribution in [0.5, 0.6) is 6.01 Å². The molecule has 0 radical (unpaired) electrons. The SMILES string of the molecule is O=P12OCC(COc3nc(N(CCO)c4ccccc4)nc(N(CCO)c4ccccc4)n3)(CO1)CO2. The molecule has 12 nitrogen and oxygen atoms in total. The first kappa shape index (κ1) is 25.5. The van der Waals surface area contributed by atoms with E-state index in [-0.39, 0.29) is 70.6 Å². The lowest BCUT2D eigenvalue weighted by Gasteiger charge is -2.43. The fourth-order valence-corrected chi connectivity index (χ4v) is 5.49. The number of para-hydroxylation sites is 2. The van der Waals surface area contributed by atoms with Gasteiger partial charge in [-0.1, -0.05) is 36.4 Å². The van der Waals surface area contributed by atoms with Crippen molar-refractivity contribution in [1.82, 2.24) is 15.0 Å². The first-order valence-corrected chi connectivity index (χ1v) is 13.3. The minimum Gasteiger partial charge on any atom is -0.462 e. The number of phosphoric acid groups is 1. The minimum atomic E-state index is -3.45. The van der Waals surface area contributed by atoms with E-state index in [1.807, 2.05) is 60.7 Å². The molecule has 3 fully saturated rings. The maximum atomic E-state index is 12.1. The van der Waals surface area contributed by atoms with E-state index in [0.717, 1.165) is 11.4 Å². The van der Waals surface area contributed by atoms with E-state index >= 15 is 0 Å². The molecule has 37 heavy (non-hydrogen) atoms. The molecule has 0 spiro atoms. The average Bonchev–Trinajstić information content (AvgIpc) is 2.95. The summed E-state index contributed by atoms with van der Waals surface area (Å²) >= 11 is 0. The molecule has 0 unspecified atom stereocenters. The van der Waals surface area contributed by atoms with Crippen molar-refractivity contribution in [2.75, 3.05) is 62.5 Å². The maximum absolute atomic E-state index is 12.1. The second-order valence-electron chi connectivity index (χ2n) is 8.70. The predicted octanol–water partition coefficient (Wildman–Crippen LogP) is 2.68. The van der Waals surface area contributed by atoms with Gasteiger partial charge < -0.3 is 24.7 Å². The first-order valence-electron chi connectivity index (χ1n) is 11.8. The molecule has 0 aliphatic carbocycles. The third-order valence-electron chi connectivity index (χ3n) is 5.95. The summed E-state index contributed by atoms with van der Waals surface area (Å²) in [6, 6.07) is 18.9. The Morgan fingerprint density at radius 3 is 1.68 bits per heavy atom. The fraction of sp³-hybridized carbons (Fsp3) is 0.375. The zero-order valence-corrected chi connectivity index (χ0v) is 20.9. The van der Waals surface area contributed by atoms with Crippen LogP contribution in [0.3, 0.4) is 0 Å². The Hall–Kier alpha value is -3.12. The van der Waals surface area contributed by atoms with Crippen LogP contribution in [0.1, 0.15) is 0 Å². The Balaban J connectivity index is 1.51. The van der Waals surface area contributed by atoms with Gasteiger partial charge in [0, 0.05) is 24.5 Å². The van der Waals surface area contributed by atoms with Gasteiger partial charge in [-0.2, -0.15) is 15.0 Å². The lowest BCUT2D eigenvalue weighted by atomic mass is 9.92. The Bertz CT molecular complexity index is 1140. The van der Waals surface area contributed by atoms with Crippen LogP contribution in [0.2, 0.25) is 0 Å². The van der Waals surface area contributed by atoms with Crippen LogP contribution in [0, 0.1) is 5.41 Å². The number of aromatic nitrogens is 3. The van der Waals surface area contributed by atoms with Crippen molar-refractivity contribution in [3.05, 3.63) is 60.7 Å². The summed E-state index contributed by atoms with van der Waals surface area (Å²) < 4.78 is 33.9. The summed E-state index contributed by atoms with van der Waals surface area (Å²) in [7, 11) is -3.45. The molecule has 1 aromatic heterocycles. The van der Waals surface area contributed by atoms with Crippen molar-refractivity contribution in [3.8, 4) is 6.01 Å². The highest BCUT2D eigenvalue weighted by molar-refractivity contribution is 7.48. The molecule has 2 aromatic carbocycles. The highest BCUT2D eigenvalue weighted by atomic mass is 31.2. The molecule has 3 aromatic rings. The number of rotatable bonds is 11. The fourth-order valence-electron chi connectivity index (χ4n) is 3.97. The Labute approximate surface area is 214 Å². The Morgan fingerprint density at radius 1 is 0.784 bits per heavy atom. The highest BCUT2D eigenvalue weighted by Crippen LogP contribution is 2.59. The van der Waals surface area contributed by atoms with Gasteiger partial charge in [0.25, 0.3) is 0 Å². The monoisotopic (exact) mass is 529 g/mol. The van der Waals surface area contributed by atoms with Crippen molar-refractivity contribution in [1.29, 1.82) is 0 Å². The molecule has 2 N–H and O–H groups in total. The molecule has 3 aliphatic rings. The van der Waals surface area contributed by atoms with Crippen LogP contribution >= 0.6 is 7.82 Å². The topological polar surface area (TPSA) is 140 Å². The van der Waals surface area contributed by atoms with Crippen LogP contribution in [0.15, 0.2) is 60.7 Å². The average molecular weight is 529 g/mol. The number of phosphoric ester groups is 1. The molecular weight excluding hydrogens is 501 g/mol. The van der Waals surface area contributed by atoms with Crippen LogP contribution < -0.4 is 14.5 Å². The summed E-state index contributed by atoms with van der Waals surface area (Å²) in [5.74, 6) is 0.523. The van der Waals surface area contributed by atoms with E-state index < -0.39 is 13.2 Å². The van der Waals surface area contributed by atoms with Gasteiger partial charge in [0.1, 0.15) is 6.61 Å². The molecule has 0 atom stereocenters. The molecular formula is C24H28N5O7P. The van der Waals surface area contributed by atoms with E-state index in [1.165, 1.54) is 0 Å². The van der Waals surface area contributed by atoms with E-state index in [0.29, 0.717) is 0 Å². The zero-order chi connectivity index (χ0) is 25.7. The molecule has 196 valence electrons. The number of benzene rings is 2. The van der Waals surface area contributed by atoms with Crippen LogP contribution in [-0.2, 0) is 18.1 Å². The van der Waals surface area contributed by atoms with E-state index in [4.69, 9.17) is 18.3 Å². The Kier molecular flexibility index (Phi) is 7.65. The second kappa shape index (κ2) is 11.1. The number of aliphatic hydroxyl groups is 2. The van der Waals surface area contributed by atoms with E-state index in [9.17, 15) is 14.8 Å². The largest absolute Gasteiger partial charge is 0.474 e. The second-order valence-corrected chi connectivity index (χ2v) is 10.4. The summed E-state index contributed by atoms with van der Waals surface area (Å²) in [6.07, 6.45) is 0. The van der Waals surface area contributed by atoms with Crippen molar-refractivity contribution in [2.45, 2.75) is 0 Å². The van der Waals surface area contributed by atoms with Crippen molar-refractivity contribution < 1.29 is 33.1 Å². The number of aliphatic hydroxyl groups excluding tert-OH is 2. The van der Waals surface area contributed by atoms with Crippen molar-refractivity contribution >= 4 is 31.1 Å². The standard InChI is InChI=1S/C24H28N5O7P/c30-13-11-28(19-7-3-1-4-8-19)21-25-22(29(12-14-31)20-9-5-2-6-10-20)27-23(26-21)33-15-24-16-34-37(32,35-17-24)36-18-24/h1-10,30-31H,11-18H2. The van der Waals surface area contributed by atoms with Crippen molar-refractivity contribution in [3.63, 3.8) is 0 Å². The molecule has 0 saturated carbocycles. The summed E-state index contributed by atoms with van der Waals surface area (Å²) in [5.41, 5.74) is 0.891. The van der Waals surface area contributed by atoms with Gasteiger partial charge in [0.05, 0.1) is 38.4 Å². The minimum absolute atomic E-state index is 0.0337. The number of anilines is 4. The summed E-state index contributed by atoms with van der Waals surface area (Å²) in [6.45, 7) is 0.760. The van der Waals surface area contributed by atoms with Gasteiger partial charge in [0.15, 0.2) is 0 Å². The van der Waals surface area contributed by atoms with Gasteiger partial charge >= 0.3 is 13.8 Å². The van der Waals surface area contributed by atoms with Gasteiger partial charge in [-0.25, -0.2) is 4.57 Å². The van der Waals surface area contributed by atoms with E-state index in [2.05, 4.69) is 15.0 Å². The van der Waals surface area contributed by atoms with Crippen LogP contribution in [0.25, 0.3) is 0 Å². The number of nitrogens with zero attached hydrogens (tertiary/aromatic N) is 5. The van der Waals surface area contributed by atoms with Crippen molar-refractivity contribution in [2.24, 2.45) is 5.41 Å². The Morgan fingerprint density at radius 2 is 1.24 bits per heavy atom. The van der Waals surface area contributed by atoms with Gasteiger partial charge in [-0.05, 0) is 24.3 Å². The van der Waals surface area contributed by atoms with Gasteiger partial charge in [-0.15, -0.1) is 0 Å². The molecule has 3 saturated heterocycles. The van der Waals surface area contributed by atoms with Crippen LogP contribution in [0.4, 0.5) is 23.3 Å². The molecule has 6 rings (SSSR count). The summed E-state index contributed by atoms with van der Waals surface area (Å²) in [4.78, 5) is 17.3. The number of fused-ring (bicyclic) bond motifs is 3. The van der Waals surface area contributed by atoms with Gasteiger partial charge in [-0.3, -0.25) is 13.6 Å². The van der Waals surface area contributed by atoms with Crippen LogP contribution in [-0.4, -0.2) is 77.9 Å². The molecule has 13 heteroatoms. The maximum Gasteiger partial charge on any atom is 0.474 e. The molecule has 0 amide bonds. The van der Waals surface area contributed by atoms with Gasteiger partial charge in [0.2, 0.25) is 11.9 Å². The highest BCUT2D eigenvalue weighted by Gasteiger charge is 2.51. The lowest BCUT2D eigenvalue weighted by Crippen LogP contribution is -2.48. The zero-order valence-electron chi connectivity index (χ0n) is 20.0. The number of ether oxygens (including phenoxy) is 1. The normalized spacial score (nSPS) is 22.5. The predicted molar refractivity (Wildman–Crippen MR) is 134 cm³/mol. The third-order valence-corrected chi connectivity index (χ3v) is 7.29. The lowest BCUT2D eigenvalue weighted by molar-refractivity contribution is -0.111. The molecule has 4 heterocycles.